The van der Waals surface area contributed by atoms with Gasteiger partial charge in [0, 0.05) is 11.8 Å². The molecule has 1 heterocycles. The zero-order valence-electron chi connectivity index (χ0n) is 8.49. The van der Waals surface area contributed by atoms with Gasteiger partial charge in [-0.15, -0.1) is 0 Å². The summed E-state index contributed by atoms with van der Waals surface area (Å²) < 4.78 is 0. The molecule has 15 heavy (non-hydrogen) atoms. The number of nitrogens with two attached hydrogens (primary N) is 1. The van der Waals surface area contributed by atoms with Crippen molar-refractivity contribution < 1.29 is 0 Å². The molecule has 0 saturated carbocycles. The quantitative estimate of drug-likeness (QED) is 0.568. The van der Waals surface area contributed by atoms with E-state index in [1.807, 2.05) is 31.2 Å². The highest BCUT2D eigenvalue weighted by atomic mass is 15.1. The Kier molecular flexibility index (Phi) is 2.33. The van der Waals surface area contributed by atoms with Crippen LogP contribution in [0.5, 0.6) is 0 Å². The summed E-state index contributed by atoms with van der Waals surface area (Å²) in [6, 6.07) is 7.76. The largest absolute Gasteiger partial charge is 0.387 e. The van der Waals surface area contributed by atoms with Gasteiger partial charge in [0.2, 0.25) is 0 Å². The van der Waals surface area contributed by atoms with Crippen LogP contribution in [0.15, 0.2) is 24.3 Å². The van der Waals surface area contributed by atoms with E-state index in [4.69, 9.17) is 11.1 Å². The lowest BCUT2D eigenvalue weighted by Gasteiger charge is -2.06. The molecule has 0 aliphatic heterocycles. The van der Waals surface area contributed by atoms with Gasteiger partial charge in [-0.3, -0.25) is 5.41 Å². The van der Waals surface area contributed by atoms with Gasteiger partial charge in [-0.05, 0) is 18.6 Å². The second-order valence-electron chi connectivity index (χ2n) is 3.48. The van der Waals surface area contributed by atoms with Crippen molar-refractivity contribution in [2.75, 3.05) is 0 Å². The van der Waals surface area contributed by atoms with Gasteiger partial charge in [-0.1, -0.05) is 18.2 Å². The van der Waals surface area contributed by atoms with Crippen molar-refractivity contribution in [3.63, 3.8) is 0 Å². The van der Waals surface area contributed by atoms with E-state index in [0.717, 1.165) is 22.2 Å². The number of fused-ring (bicyclic) bond motifs is 1. The van der Waals surface area contributed by atoms with E-state index in [2.05, 4.69) is 10.2 Å². The highest BCUT2D eigenvalue weighted by Crippen LogP contribution is 2.18. The molecule has 2 rings (SSSR count). The first-order valence-corrected chi connectivity index (χ1v) is 4.72. The average molecular weight is 200 g/mol. The molecule has 0 unspecified atom stereocenters. The fourth-order valence-corrected chi connectivity index (χ4v) is 1.61. The molecular weight excluding hydrogens is 188 g/mol. The fraction of sp³-hybridized carbons (Fsp3) is 0.182. The smallest absolute Gasteiger partial charge is 0.0951 e. The van der Waals surface area contributed by atoms with Crippen LogP contribution >= 0.6 is 0 Å². The molecule has 2 aromatic rings. The summed E-state index contributed by atoms with van der Waals surface area (Å²) in [5, 5.41) is 16.5. The number of aromatic nitrogens is 2. The number of benzene rings is 1. The van der Waals surface area contributed by atoms with Gasteiger partial charge < -0.3 is 5.73 Å². The standard InChI is InChI=1S/C11H12N4/c1-7-9(6-11(12)13)8-4-2-3-5-10(8)15-14-7/h2-5H,6H2,1H3,(H3,12,13). The molecule has 4 nitrogen and oxygen atoms in total. The van der Waals surface area contributed by atoms with E-state index >= 15 is 0 Å². The Morgan fingerprint density at radius 2 is 2.07 bits per heavy atom. The molecular formula is C11H12N4. The number of hydrogen-bond acceptors (Lipinski definition) is 3. The van der Waals surface area contributed by atoms with E-state index in [1.54, 1.807) is 0 Å². The Morgan fingerprint density at radius 1 is 1.33 bits per heavy atom. The van der Waals surface area contributed by atoms with Crippen molar-refractivity contribution in [2.45, 2.75) is 13.3 Å². The molecule has 0 amide bonds. The minimum atomic E-state index is 0.149. The van der Waals surface area contributed by atoms with Crippen molar-refractivity contribution in [3.8, 4) is 0 Å². The van der Waals surface area contributed by atoms with Gasteiger partial charge in [0.15, 0.2) is 0 Å². The topological polar surface area (TPSA) is 75.7 Å². The van der Waals surface area contributed by atoms with E-state index < -0.39 is 0 Å². The lowest BCUT2D eigenvalue weighted by atomic mass is 10.0. The Bertz CT molecular complexity index is 519. The van der Waals surface area contributed by atoms with E-state index in [9.17, 15) is 0 Å². The van der Waals surface area contributed by atoms with Crippen molar-refractivity contribution in [2.24, 2.45) is 5.73 Å². The summed E-state index contributed by atoms with van der Waals surface area (Å²) in [5.41, 5.74) is 8.10. The maximum Gasteiger partial charge on any atom is 0.0951 e. The van der Waals surface area contributed by atoms with Gasteiger partial charge in [0.05, 0.1) is 17.0 Å². The summed E-state index contributed by atoms with van der Waals surface area (Å²) in [5.74, 6) is 0.149. The van der Waals surface area contributed by atoms with Crippen LogP contribution in [0.2, 0.25) is 0 Å². The Balaban J connectivity index is 2.68. The number of rotatable bonds is 2. The van der Waals surface area contributed by atoms with Gasteiger partial charge >= 0.3 is 0 Å². The highest BCUT2D eigenvalue weighted by Gasteiger charge is 2.07. The highest BCUT2D eigenvalue weighted by molar-refractivity contribution is 5.88. The molecule has 0 radical (unpaired) electrons. The van der Waals surface area contributed by atoms with Crippen LogP contribution in [0.1, 0.15) is 11.3 Å². The summed E-state index contributed by atoms with van der Waals surface area (Å²) in [6.45, 7) is 1.89. The summed E-state index contributed by atoms with van der Waals surface area (Å²) in [7, 11) is 0. The number of aryl methyl sites for hydroxylation is 1. The van der Waals surface area contributed by atoms with Crippen LogP contribution in [0, 0.1) is 12.3 Å². The predicted molar refractivity (Wildman–Crippen MR) is 59.9 cm³/mol. The average Bonchev–Trinajstić information content (AvgIpc) is 2.22. The van der Waals surface area contributed by atoms with Gasteiger partial charge in [-0.2, -0.15) is 10.2 Å². The number of amidine groups is 1. The molecule has 0 saturated heterocycles. The normalized spacial score (nSPS) is 10.5. The molecule has 3 N–H and O–H groups in total. The first-order chi connectivity index (χ1) is 7.18. The molecule has 1 aromatic heterocycles. The molecule has 0 aliphatic carbocycles. The van der Waals surface area contributed by atoms with Crippen molar-refractivity contribution in [1.82, 2.24) is 10.2 Å². The lowest BCUT2D eigenvalue weighted by Crippen LogP contribution is -2.14. The van der Waals surface area contributed by atoms with E-state index in [1.165, 1.54) is 0 Å². The van der Waals surface area contributed by atoms with Crippen LogP contribution in [-0.2, 0) is 6.42 Å². The maximum absolute atomic E-state index is 7.33. The number of nitrogens with one attached hydrogen (secondary N) is 1. The minimum Gasteiger partial charge on any atom is -0.387 e. The van der Waals surface area contributed by atoms with Gasteiger partial charge in [0.1, 0.15) is 0 Å². The first-order valence-electron chi connectivity index (χ1n) is 4.72. The SMILES string of the molecule is Cc1nnc2ccccc2c1CC(=N)N. The zero-order chi connectivity index (χ0) is 10.8. The van der Waals surface area contributed by atoms with Crippen LogP contribution < -0.4 is 5.73 Å². The molecule has 0 fully saturated rings. The number of hydrogen-bond donors (Lipinski definition) is 2. The van der Waals surface area contributed by atoms with Crippen molar-refractivity contribution >= 4 is 16.7 Å². The van der Waals surface area contributed by atoms with Gasteiger partial charge in [0.25, 0.3) is 0 Å². The van der Waals surface area contributed by atoms with Crippen LogP contribution in [0.4, 0.5) is 0 Å². The maximum atomic E-state index is 7.33. The monoisotopic (exact) mass is 200 g/mol. The van der Waals surface area contributed by atoms with E-state index in [-0.39, 0.29) is 5.84 Å². The first kappa shape index (κ1) is 9.58. The molecule has 0 bridgehead atoms. The number of nitrogens with zero attached hydrogens (tertiary/aromatic N) is 2. The molecule has 4 heteroatoms. The molecule has 0 atom stereocenters. The molecule has 0 aliphatic rings. The Labute approximate surface area is 87.6 Å². The molecule has 76 valence electrons. The molecule has 1 aromatic carbocycles. The van der Waals surface area contributed by atoms with Crippen LogP contribution in [0.3, 0.4) is 0 Å². The second kappa shape index (κ2) is 3.65. The van der Waals surface area contributed by atoms with Crippen LogP contribution in [0.25, 0.3) is 10.9 Å². The minimum absolute atomic E-state index is 0.149. The summed E-state index contributed by atoms with van der Waals surface area (Å²) in [4.78, 5) is 0. The zero-order valence-corrected chi connectivity index (χ0v) is 8.49. The summed E-state index contributed by atoms with van der Waals surface area (Å²) >= 11 is 0. The third-order valence-electron chi connectivity index (χ3n) is 2.34. The van der Waals surface area contributed by atoms with E-state index in [0.29, 0.717) is 6.42 Å². The second-order valence-corrected chi connectivity index (χ2v) is 3.48. The lowest BCUT2D eigenvalue weighted by molar-refractivity contribution is 0.989. The summed E-state index contributed by atoms with van der Waals surface area (Å²) in [6.07, 6.45) is 0.432. The Hall–Kier alpha value is -1.97. The van der Waals surface area contributed by atoms with Gasteiger partial charge in [-0.25, -0.2) is 0 Å². The Morgan fingerprint density at radius 3 is 2.80 bits per heavy atom. The van der Waals surface area contributed by atoms with Crippen molar-refractivity contribution in [1.29, 1.82) is 5.41 Å². The third-order valence-corrected chi connectivity index (χ3v) is 2.34. The molecule has 0 spiro atoms. The third kappa shape index (κ3) is 1.79. The predicted octanol–water partition coefficient (Wildman–Crippen LogP) is 1.42. The van der Waals surface area contributed by atoms with Crippen LogP contribution in [-0.4, -0.2) is 16.0 Å². The fourth-order valence-electron chi connectivity index (χ4n) is 1.61. The van der Waals surface area contributed by atoms with Crippen molar-refractivity contribution in [3.05, 3.63) is 35.5 Å².